The van der Waals surface area contributed by atoms with E-state index in [2.05, 4.69) is 0 Å². The smallest absolute Gasteiger partial charge is 0.304 e. The Bertz CT molecular complexity index is 133. The normalized spacial score (nSPS) is 9.45. The average Bonchev–Trinajstić information content (AvgIpc) is 1.85. The van der Waals surface area contributed by atoms with E-state index < -0.39 is 11.9 Å². The number of hydrogen-bond acceptors (Lipinski definition) is 3. The minimum Gasteiger partial charge on any atom is -0.481 e. The molecule has 11 heavy (non-hydrogen) atoms. The van der Waals surface area contributed by atoms with Crippen molar-refractivity contribution < 1.29 is 14.7 Å². The van der Waals surface area contributed by atoms with Crippen LogP contribution in [0.5, 0.6) is 0 Å². The van der Waals surface area contributed by atoms with Gasteiger partial charge in [-0.15, -0.1) is 0 Å². The number of rotatable bonds is 6. The molecule has 0 aliphatic rings. The van der Waals surface area contributed by atoms with Crippen molar-refractivity contribution in [3.63, 3.8) is 0 Å². The minimum absolute atomic E-state index is 0.122. The predicted octanol–water partition coefficient (Wildman–Crippen LogP) is -0.116. The van der Waals surface area contributed by atoms with Crippen molar-refractivity contribution in [3.05, 3.63) is 6.42 Å². The summed E-state index contributed by atoms with van der Waals surface area (Å²) >= 11 is 1.37. The zero-order valence-electron chi connectivity index (χ0n) is 5.95. The molecular formula is C6H10NO3S. The number of aliphatic carboxylic acids is 1. The second kappa shape index (κ2) is 6.03. The van der Waals surface area contributed by atoms with Gasteiger partial charge in [0.1, 0.15) is 0 Å². The van der Waals surface area contributed by atoms with Crippen molar-refractivity contribution in [2.75, 3.05) is 11.5 Å². The lowest BCUT2D eigenvalue weighted by Crippen LogP contribution is -2.12. The Balaban J connectivity index is 3.03. The van der Waals surface area contributed by atoms with Crippen LogP contribution in [0, 0.1) is 6.42 Å². The first kappa shape index (κ1) is 10.3. The van der Waals surface area contributed by atoms with Crippen molar-refractivity contribution in [3.8, 4) is 0 Å². The molecule has 0 aliphatic heterocycles. The van der Waals surface area contributed by atoms with Crippen molar-refractivity contribution in [2.45, 2.75) is 6.42 Å². The van der Waals surface area contributed by atoms with Gasteiger partial charge in [-0.1, -0.05) is 0 Å². The summed E-state index contributed by atoms with van der Waals surface area (Å²) in [5.74, 6) is -0.286. The third-order valence-electron chi connectivity index (χ3n) is 0.863. The van der Waals surface area contributed by atoms with Gasteiger partial charge in [-0.25, -0.2) is 0 Å². The zero-order chi connectivity index (χ0) is 8.69. The first-order valence-corrected chi connectivity index (χ1v) is 4.20. The third kappa shape index (κ3) is 9.29. The van der Waals surface area contributed by atoms with Crippen LogP contribution in [-0.2, 0) is 9.59 Å². The van der Waals surface area contributed by atoms with E-state index in [0.717, 1.165) is 0 Å². The molecule has 4 nitrogen and oxygen atoms in total. The zero-order valence-corrected chi connectivity index (χ0v) is 6.76. The highest BCUT2D eigenvalue weighted by molar-refractivity contribution is 7.99. The van der Waals surface area contributed by atoms with Crippen molar-refractivity contribution in [1.82, 2.24) is 0 Å². The second-order valence-electron chi connectivity index (χ2n) is 1.83. The van der Waals surface area contributed by atoms with Gasteiger partial charge in [0.2, 0.25) is 5.91 Å². The highest BCUT2D eigenvalue weighted by Crippen LogP contribution is 2.02. The van der Waals surface area contributed by atoms with Gasteiger partial charge in [-0.3, -0.25) is 9.59 Å². The molecule has 5 heteroatoms. The third-order valence-corrected chi connectivity index (χ3v) is 1.76. The number of primary amides is 1. The van der Waals surface area contributed by atoms with Gasteiger partial charge < -0.3 is 10.8 Å². The van der Waals surface area contributed by atoms with Crippen molar-refractivity contribution in [2.24, 2.45) is 5.73 Å². The lowest BCUT2D eigenvalue weighted by Gasteiger charge is -1.94. The number of carbonyl (C=O) groups excluding carboxylic acids is 1. The van der Waals surface area contributed by atoms with Crippen LogP contribution in [0.2, 0.25) is 0 Å². The van der Waals surface area contributed by atoms with Gasteiger partial charge in [0.05, 0.1) is 12.8 Å². The van der Waals surface area contributed by atoms with Crippen LogP contribution in [0.3, 0.4) is 0 Å². The quantitative estimate of drug-likeness (QED) is 0.553. The largest absolute Gasteiger partial charge is 0.481 e. The first-order chi connectivity index (χ1) is 5.13. The van der Waals surface area contributed by atoms with Crippen LogP contribution in [0.4, 0.5) is 0 Å². The van der Waals surface area contributed by atoms with E-state index in [9.17, 15) is 9.59 Å². The molecule has 0 rings (SSSR count). The molecule has 63 valence electrons. The molecule has 0 spiro atoms. The molecule has 0 saturated heterocycles. The summed E-state index contributed by atoms with van der Waals surface area (Å²) in [5.41, 5.74) is 4.81. The van der Waals surface area contributed by atoms with Crippen LogP contribution < -0.4 is 5.73 Å². The fourth-order valence-electron chi connectivity index (χ4n) is 0.384. The SMILES string of the molecule is NC(=O)[CH]CSCCC(=O)O. The maximum absolute atomic E-state index is 10.1. The number of hydrogen-bond donors (Lipinski definition) is 2. The molecule has 0 heterocycles. The summed E-state index contributed by atoms with van der Waals surface area (Å²) in [6, 6.07) is 0. The number of thioether (sulfide) groups is 1. The number of carboxylic acid groups (broad SMARTS) is 1. The molecule has 1 amide bonds. The van der Waals surface area contributed by atoms with E-state index in [-0.39, 0.29) is 6.42 Å². The van der Waals surface area contributed by atoms with Gasteiger partial charge in [0.25, 0.3) is 0 Å². The monoisotopic (exact) mass is 176 g/mol. The van der Waals surface area contributed by atoms with Gasteiger partial charge in [0.15, 0.2) is 0 Å². The summed E-state index contributed by atoms with van der Waals surface area (Å²) in [6.45, 7) is 0. The summed E-state index contributed by atoms with van der Waals surface area (Å²) in [5, 5.41) is 8.21. The minimum atomic E-state index is -0.823. The first-order valence-electron chi connectivity index (χ1n) is 3.05. The molecule has 0 aromatic rings. The highest BCUT2D eigenvalue weighted by atomic mass is 32.2. The molecular weight excluding hydrogens is 166 g/mol. The Kier molecular flexibility index (Phi) is 5.64. The summed E-state index contributed by atoms with van der Waals surface area (Å²) < 4.78 is 0. The van der Waals surface area contributed by atoms with Crippen LogP contribution in [0.15, 0.2) is 0 Å². The van der Waals surface area contributed by atoms with E-state index >= 15 is 0 Å². The average molecular weight is 176 g/mol. The molecule has 0 aliphatic carbocycles. The van der Waals surface area contributed by atoms with Crippen LogP contribution in [-0.4, -0.2) is 28.5 Å². The molecule has 0 aromatic heterocycles. The fourth-order valence-corrected chi connectivity index (χ4v) is 1.15. The standard InChI is InChI=1S/C6H10NO3S/c7-5(8)1-3-11-4-2-6(9)10/h1H,2-4H2,(H2,7,8)(H,9,10). The number of carboxylic acids is 1. The molecule has 0 fully saturated rings. The Morgan fingerprint density at radius 3 is 2.64 bits per heavy atom. The van der Waals surface area contributed by atoms with E-state index in [0.29, 0.717) is 11.5 Å². The molecule has 3 N–H and O–H groups in total. The molecule has 0 bridgehead atoms. The molecule has 0 saturated carbocycles. The Labute approximate surface area is 69.1 Å². The Morgan fingerprint density at radius 1 is 1.55 bits per heavy atom. The van der Waals surface area contributed by atoms with Crippen molar-refractivity contribution in [1.29, 1.82) is 0 Å². The van der Waals surface area contributed by atoms with E-state index in [1.165, 1.54) is 18.2 Å². The molecule has 1 radical (unpaired) electrons. The number of amides is 1. The van der Waals surface area contributed by atoms with Crippen LogP contribution in [0.1, 0.15) is 6.42 Å². The highest BCUT2D eigenvalue weighted by Gasteiger charge is 1.98. The van der Waals surface area contributed by atoms with Gasteiger partial charge in [-0.2, -0.15) is 11.8 Å². The molecule has 0 aromatic carbocycles. The van der Waals surface area contributed by atoms with E-state index in [1.54, 1.807) is 0 Å². The predicted molar refractivity (Wildman–Crippen MR) is 43.1 cm³/mol. The lowest BCUT2D eigenvalue weighted by atomic mass is 10.5. The Hall–Kier alpha value is -0.710. The topological polar surface area (TPSA) is 80.4 Å². The number of carbonyl (C=O) groups is 2. The van der Waals surface area contributed by atoms with E-state index in [4.69, 9.17) is 10.8 Å². The molecule has 0 unspecified atom stereocenters. The van der Waals surface area contributed by atoms with Crippen LogP contribution in [0.25, 0.3) is 0 Å². The maximum atomic E-state index is 10.1. The fraction of sp³-hybridized carbons (Fsp3) is 0.500. The van der Waals surface area contributed by atoms with Crippen molar-refractivity contribution >= 4 is 23.6 Å². The summed E-state index contributed by atoms with van der Waals surface area (Å²) in [6.07, 6.45) is 1.45. The van der Waals surface area contributed by atoms with Gasteiger partial charge >= 0.3 is 5.97 Å². The lowest BCUT2D eigenvalue weighted by molar-refractivity contribution is -0.136. The summed E-state index contributed by atoms with van der Waals surface area (Å²) in [7, 11) is 0. The second-order valence-corrected chi connectivity index (χ2v) is 2.97. The van der Waals surface area contributed by atoms with E-state index in [1.807, 2.05) is 0 Å². The number of nitrogens with two attached hydrogens (primary N) is 1. The maximum Gasteiger partial charge on any atom is 0.304 e. The summed E-state index contributed by atoms with van der Waals surface area (Å²) in [4.78, 5) is 20.1. The van der Waals surface area contributed by atoms with Gasteiger partial charge in [0, 0.05) is 11.5 Å². The van der Waals surface area contributed by atoms with Crippen LogP contribution >= 0.6 is 11.8 Å². The Morgan fingerprint density at radius 2 is 2.18 bits per heavy atom. The molecule has 0 atom stereocenters. The van der Waals surface area contributed by atoms with Gasteiger partial charge in [-0.05, 0) is 0 Å².